The van der Waals surface area contributed by atoms with Gasteiger partial charge in [-0.2, -0.15) is 0 Å². The third-order valence-electron chi connectivity index (χ3n) is 3.25. The van der Waals surface area contributed by atoms with Gasteiger partial charge in [0, 0.05) is 25.7 Å². The lowest BCUT2D eigenvalue weighted by Gasteiger charge is -2.25. The quantitative estimate of drug-likeness (QED) is 0.720. The Morgan fingerprint density at radius 1 is 1.28 bits per heavy atom. The molecule has 0 saturated heterocycles. The van der Waals surface area contributed by atoms with Crippen molar-refractivity contribution >= 4 is 0 Å². The van der Waals surface area contributed by atoms with Gasteiger partial charge in [0.2, 0.25) is 0 Å². The molecular formula is C15H26N2O. The van der Waals surface area contributed by atoms with Gasteiger partial charge in [-0.3, -0.25) is 4.90 Å². The number of likely N-dealkylation sites (N-methyl/N-ethyl adjacent to an activating group) is 1. The summed E-state index contributed by atoms with van der Waals surface area (Å²) >= 11 is 0. The maximum atomic E-state index is 6.29. The summed E-state index contributed by atoms with van der Waals surface area (Å²) in [7, 11) is 0. The highest BCUT2D eigenvalue weighted by atomic mass is 16.5. The van der Waals surface area contributed by atoms with Crippen LogP contribution in [0.1, 0.15) is 31.0 Å². The Labute approximate surface area is 111 Å². The number of hydrogen-bond acceptors (Lipinski definition) is 3. The molecule has 0 saturated carbocycles. The first-order valence-electron chi connectivity index (χ1n) is 6.80. The molecule has 3 nitrogen and oxygen atoms in total. The van der Waals surface area contributed by atoms with Gasteiger partial charge in [0.25, 0.3) is 0 Å². The van der Waals surface area contributed by atoms with Crippen LogP contribution >= 0.6 is 0 Å². The summed E-state index contributed by atoms with van der Waals surface area (Å²) in [5, 5.41) is 0. The zero-order valence-corrected chi connectivity index (χ0v) is 11.9. The number of ether oxygens (including phenoxy) is 1. The molecule has 0 fully saturated rings. The van der Waals surface area contributed by atoms with Crippen LogP contribution in [0.3, 0.4) is 0 Å². The molecule has 1 rings (SSSR count). The van der Waals surface area contributed by atoms with Crippen molar-refractivity contribution in [3.05, 3.63) is 35.4 Å². The van der Waals surface area contributed by atoms with Gasteiger partial charge in [0.15, 0.2) is 0 Å². The highest BCUT2D eigenvalue weighted by Crippen LogP contribution is 2.16. The minimum atomic E-state index is 0.0766. The predicted molar refractivity (Wildman–Crippen MR) is 76.7 cm³/mol. The summed E-state index contributed by atoms with van der Waals surface area (Å²) in [6.45, 7) is 10.7. The number of benzene rings is 1. The molecule has 0 aromatic heterocycles. The van der Waals surface area contributed by atoms with Crippen LogP contribution in [0.25, 0.3) is 0 Å². The Bertz CT molecular complexity index is 341. The van der Waals surface area contributed by atoms with Crippen LogP contribution in [0.5, 0.6) is 0 Å². The zero-order chi connectivity index (χ0) is 13.4. The summed E-state index contributed by atoms with van der Waals surface area (Å²) in [4.78, 5) is 2.34. The molecule has 2 N–H and O–H groups in total. The smallest absolute Gasteiger partial charge is 0.0593 e. The Kier molecular flexibility index (Phi) is 6.94. The van der Waals surface area contributed by atoms with Crippen LogP contribution in [0, 0.1) is 6.92 Å². The van der Waals surface area contributed by atoms with Crippen molar-refractivity contribution in [2.75, 3.05) is 32.8 Å². The van der Waals surface area contributed by atoms with Gasteiger partial charge in [-0.1, -0.05) is 31.2 Å². The largest absolute Gasteiger partial charge is 0.380 e. The summed E-state index contributed by atoms with van der Waals surface area (Å²) in [6.07, 6.45) is 0. The molecule has 0 aliphatic rings. The van der Waals surface area contributed by atoms with Crippen LogP contribution in [0.2, 0.25) is 0 Å². The third kappa shape index (κ3) is 4.77. The van der Waals surface area contributed by atoms with Crippen LogP contribution in [-0.4, -0.2) is 37.7 Å². The summed E-state index contributed by atoms with van der Waals surface area (Å²) in [5.41, 5.74) is 8.81. The van der Waals surface area contributed by atoms with Crippen LogP contribution in [0.15, 0.2) is 24.3 Å². The lowest BCUT2D eigenvalue weighted by Crippen LogP contribution is -2.34. The number of hydrogen-bond donors (Lipinski definition) is 1. The molecule has 1 aromatic carbocycles. The maximum Gasteiger partial charge on any atom is 0.0593 e. The van der Waals surface area contributed by atoms with Gasteiger partial charge < -0.3 is 10.5 Å². The Hall–Kier alpha value is -0.900. The van der Waals surface area contributed by atoms with Crippen molar-refractivity contribution in [1.82, 2.24) is 4.90 Å². The standard InChI is InChI=1S/C15H26N2O/c1-4-17(10-11-18-5-2)12-15(16)14-9-7-6-8-13(14)3/h6-9,15H,4-5,10-12,16H2,1-3H3. The van der Waals surface area contributed by atoms with Crippen molar-refractivity contribution in [1.29, 1.82) is 0 Å². The van der Waals surface area contributed by atoms with E-state index in [9.17, 15) is 0 Å². The molecule has 18 heavy (non-hydrogen) atoms. The number of aryl methyl sites for hydroxylation is 1. The van der Waals surface area contributed by atoms with E-state index in [0.717, 1.165) is 32.8 Å². The summed E-state index contributed by atoms with van der Waals surface area (Å²) in [6, 6.07) is 8.42. The first-order valence-corrected chi connectivity index (χ1v) is 6.80. The molecule has 0 spiro atoms. The van der Waals surface area contributed by atoms with Gasteiger partial charge in [-0.15, -0.1) is 0 Å². The monoisotopic (exact) mass is 250 g/mol. The van der Waals surface area contributed by atoms with Gasteiger partial charge >= 0.3 is 0 Å². The average Bonchev–Trinajstić information content (AvgIpc) is 2.38. The highest BCUT2D eigenvalue weighted by Gasteiger charge is 2.12. The molecule has 1 unspecified atom stereocenters. The van der Waals surface area contributed by atoms with E-state index in [2.05, 4.69) is 43.0 Å². The van der Waals surface area contributed by atoms with E-state index in [1.807, 2.05) is 6.92 Å². The van der Waals surface area contributed by atoms with Crippen molar-refractivity contribution in [2.24, 2.45) is 5.73 Å². The molecule has 0 radical (unpaired) electrons. The molecule has 3 heteroatoms. The lowest BCUT2D eigenvalue weighted by atomic mass is 10.0. The fourth-order valence-electron chi connectivity index (χ4n) is 2.10. The Balaban J connectivity index is 2.51. The van der Waals surface area contributed by atoms with Crippen LogP contribution in [-0.2, 0) is 4.74 Å². The van der Waals surface area contributed by atoms with Crippen molar-refractivity contribution < 1.29 is 4.74 Å². The van der Waals surface area contributed by atoms with Crippen molar-refractivity contribution in [3.63, 3.8) is 0 Å². The molecule has 102 valence electrons. The number of nitrogens with zero attached hydrogens (tertiary/aromatic N) is 1. The Morgan fingerprint density at radius 3 is 2.61 bits per heavy atom. The second kappa shape index (κ2) is 8.25. The second-order valence-electron chi connectivity index (χ2n) is 4.55. The molecule has 0 amide bonds. The van der Waals surface area contributed by atoms with Gasteiger partial charge in [0.05, 0.1) is 6.61 Å². The van der Waals surface area contributed by atoms with Gasteiger partial charge in [-0.25, -0.2) is 0 Å². The van der Waals surface area contributed by atoms with Crippen molar-refractivity contribution in [2.45, 2.75) is 26.8 Å². The van der Waals surface area contributed by atoms with E-state index in [0.29, 0.717) is 0 Å². The van der Waals surface area contributed by atoms with E-state index in [-0.39, 0.29) is 6.04 Å². The van der Waals surface area contributed by atoms with E-state index in [4.69, 9.17) is 10.5 Å². The molecule has 0 heterocycles. The molecule has 1 aromatic rings. The fourth-order valence-corrected chi connectivity index (χ4v) is 2.10. The first-order chi connectivity index (χ1) is 8.69. The second-order valence-corrected chi connectivity index (χ2v) is 4.55. The van der Waals surface area contributed by atoms with Crippen molar-refractivity contribution in [3.8, 4) is 0 Å². The molecular weight excluding hydrogens is 224 g/mol. The van der Waals surface area contributed by atoms with E-state index >= 15 is 0 Å². The van der Waals surface area contributed by atoms with Crippen LogP contribution < -0.4 is 5.73 Å². The average molecular weight is 250 g/mol. The van der Waals surface area contributed by atoms with E-state index in [1.54, 1.807) is 0 Å². The van der Waals surface area contributed by atoms with Gasteiger partial charge in [0.1, 0.15) is 0 Å². The van der Waals surface area contributed by atoms with E-state index < -0.39 is 0 Å². The normalized spacial score (nSPS) is 12.9. The molecule has 0 bridgehead atoms. The molecule has 0 aliphatic heterocycles. The first kappa shape index (κ1) is 15.2. The topological polar surface area (TPSA) is 38.5 Å². The zero-order valence-electron chi connectivity index (χ0n) is 11.9. The number of rotatable bonds is 8. The Morgan fingerprint density at radius 2 is 2.00 bits per heavy atom. The molecule has 0 aliphatic carbocycles. The SMILES string of the molecule is CCOCCN(CC)CC(N)c1ccccc1C. The minimum Gasteiger partial charge on any atom is -0.380 e. The fraction of sp³-hybridized carbons (Fsp3) is 0.600. The van der Waals surface area contributed by atoms with Crippen LogP contribution in [0.4, 0.5) is 0 Å². The molecule has 1 atom stereocenters. The third-order valence-corrected chi connectivity index (χ3v) is 3.25. The maximum absolute atomic E-state index is 6.29. The lowest BCUT2D eigenvalue weighted by molar-refractivity contribution is 0.113. The number of nitrogens with two attached hydrogens (primary N) is 1. The summed E-state index contributed by atoms with van der Waals surface area (Å²) < 4.78 is 5.39. The summed E-state index contributed by atoms with van der Waals surface area (Å²) in [5.74, 6) is 0. The predicted octanol–water partition coefficient (Wildman–Crippen LogP) is 2.35. The highest BCUT2D eigenvalue weighted by molar-refractivity contribution is 5.28. The minimum absolute atomic E-state index is 0.0766. The van der Waals surface area contributed by atoms with E-state index in [1.165, 1.54) is 11.1 Å². The van der Waals surface area contributed by atoms with Gasteiger partial charge in [-0.05, 0) is 31.5 Å².